The van der Waals surface area contributed by atoms with Gasteiger partial charge in [-0.05, 0) is 92.3 Å². The number of ether oxygens (including phenoxy) is 2. The molecule has 290 valence electrons. The summed E-state index contributed by atoms with van der Waals surface area (Å²) in [6.45, 7) is 4.09. The second-order valence-electron chi connectivity index (χ2n) is 14.4. The molecule has 1 unspecified atom stereocenters. The van der Waals surface area contributed by atoms with Crippen molar-refractivity contribution in [3.63, 3.8) is 0 Å². The second-order valence-corrected chi connectivity index (χ2v) is 16.7. The van der Waals surface area contributed by atoms with Crippen molar-refractivity contribution in [3.8, 4) is 5.75 Å². The van der Waals surface area contributed by atoms with Gasteiger partial charge in [-0.2, -0.15) is 4.39 Å². The van der Waals surface area contributed by atoms with Crippen LogP contribution < -0.4 is 10.1 Å². The van der Waals surface area contributed by atoms with Crippen molar-refractivity contribution in [1.29, 1.82) is 0 Å². The van der Waals surface area contributed by atoms with Crippen LogP contribution >= 0.6 is 34.8 Å². The van der Waals surface area contributed by atoms with Gasteiger partial charge in [-0.1, -0.05) is 83.3 Å². The van der Waals surface area contributed by atoms with Crippen LogP contribution in [0.5, 0.6) is 5.75 Å². The van der Waals surface area contributed by atoms with E-state index in [0.717, 1.165) is 46.7 Å². The third-order valence-corrected chi connectivity index (χ3v) is 11.6. The Bertz CT molecular complexity index is 1880. The number of halogens is 6. The van der Waals surface area contributed by atoms with Crippen LogP contribution in [0, 0.1) is 17.5 Å². The normalized spacial score (nSPS) is 18.8. The lowest BCUT2D eigenvalue weighted by molar-refractivity contribution is -0.129. The number of fused-ring (bicyclic) bond motifs is 2. The number of nitrogens with zero attached hydrogens (tertiary/aromatic N) is 2. The van der Waals surface area contributed by atoms with Crippen LogP contribution in [0.1, 0.15) is 61.8 Å². The Morgan fingerprint density at radius 3 is 2.30 bits per heavy atom. The summed E-state index contributed by atoms with van der Waals surface area (Å²) in [5.41, 5.74) is 3.49. The highest BCUT2D eigenvalue weighted by Gasteiger charge is 2.50. The number of amides is 2. The molecule has 2 atom stereocenters. The number of rotatable bonds is 13. The average Bonchev–Trinajstić information content (AvgIpc) is 3.97. The number of aliphatic hydroxyl groups is 1. The average molecular weight is 809 g/mol. The Balaban J connectivity index is 1.30. The lowest BCUT2D eigenvalue weighted by atomic mass is 9.81. The molecule has 3 aromatic rings. The molecule has 2 amide bonds. The zero-order valence-electron chi connectivity index (χ0n) is 30.0. The van der Waals surface area contributed by atoms with E-state index in [1.807, 2.05) is 53.4 Å². The number of alkyl halides is 3. The van der Waals surface area contributed by atoms with Crippen molar-refractivity contribution >= 4 is 52.4 Å². The van der Waals surface area contributed by atoms with Gasteiger partial charge in [-0.3, -0.25) is 9.69 Å². The van der Waals surface area contributed by atoms with Crippen LogP contribution in [0.4, 0.5) is 18.0 Å². The molecule has 3 aromatic carbocycles. The van der Waals surface area contributed by atoms with Crippen LogP contribution in [0.15, 0.2) is 66.2 Å². The maximum absolute atomic E-state index is 15.0. The number of hydrogen-bond donors (Lipinski definition) is 2. The van der Waals surface area contributed by atoms with Gasteiger partial charge in [-0.25, -0.2) is 13.6 Å². The fourth-order valence-electron chi connectivity index (χ4n) is 7.08. The zero-order valence-corrected chi connectivity index (χ0v) is 32.3. The van der Waals surface area contributed by atoms with Crippen molar-refractivity contribution in [2.75, 3.05) is 26.3 Å². The number of piperazine rings is 1. The number of carbonyl (C=O) groups excluding carboxylic acids is 2. The Kier molecular flexibility index (Phi) is 12.4. The van der Waals surface area contributed by atoms with Gasteiger partial charge in [-0.15, -0.1) is 0 Å². The molecule has 1 saturated carbocycles. The van der Waals surface area contributed by atoms with E-state index in [9.17, 15) is 23.1 Å². The smallest absolute Gasteiger partial charge is 0.411 e. The van der Waals surface area contributed by atoms with Gasteiger partial charge in [0.05, 0.1) is 18.7 Å². The van der Waals surface area contributed by atoms with Gasteiger partial charge in [0.1, 0.15) is 0 Å². The van der Waals surface area contributed by atoms with E-state index < -0.39 is 44.7 Å². The van der Waals surface area contributed by atoms with Crippen molar-refractivity contribution in [1.82, 2.24) is 15.1 Å². The second kappa shape index (κ2) is 16.7. The first-order chi connectivity index (χ1) is 25.7. The number of nitrogens with one attached hydrogen (secondary N) is 1. The van der Waals surface area contributed by atoms with Gasteiger partial charge in [0, 0.05) is 37.9 Å². The summed E-state index contributed by atoms with van der Waals surface area (Å²) in [4.78, 5) is 32.5. The highest BCUT2D eigenvalue weighted by Crippen LogP contribution is 2.43. The third-order valence-electron chi connectivity index (χ3n) is 10.3. The number of benzene rings is 3. The van der Waals surface area contributed by atoms with Gasteiger partial charge in [0.2, 0.25) is 9.61 Å². The summed E-state index contributed by atoms with van der Waals surface area (Å²) < 4.78 is 50.8. The molecule has 2 bridgehead atoms. The molecular formula is C40H43Cl3F3N3O5. The van der Waals surface area contributed by atoms with Crippen LogP contribution in [0.3, 0.4) is 0 Å². The van der Waals surface area contributed by atoms with E-state index in [2.05, 4.69) is 5.32 Å². The minimum absolute atomic E-state index is 0.0188. The summed E-state index contributed by atoms with van der Waals surface area (Å²) >= 11 is 18.6. The highest BCUT2D eigenvalue weighted by molar-refractivity contribution is 6.68. The number of aliphatic hydroxyl groups excluding tert-OH is 1. The standard InChI is InChI=1S/C40H43Cl3F3N3O5/c1-39(2,40(41,42)43)54-38(52)49-29-20-30(26-11-9-24(10-12-26)6-5-19-53-36-32(45)16-15-31(44)35(36)46)34(33(49)22-47-21-29)37(51)48(28-13-14-28)23-27-8-4-3-7-25(27)17-18-50/h3-4,7-12,15-16,28-29,33,47,50H,5-6,13-14,17-23H2,1-2H3/t29?,33-/m1/s1. The zero-order chi connectivity index (χ0) is 38.8. The molecule has 0 radical (unpaired) electrons. The first-order valence-corrected chi connectivity index (χ1v) is 19.2. The Labute approximate surface area is 328 Å². The Morgan fingerprint density at radius 2 is 1.63 bits per heavy atom. The SMILES string of the molecule is CC(C)(OC(=O)N1C2CNC[C@@H]1C(C(=O)N(Cc1ccccc1CCO)C1CC1)=C(c1ccc(CCCOc3c(F)ccc(F)c3F)cc1)C2)C(Cl)(Cl)Cl. The van der Waals surface area contributed by atoms with Gasteiger partial charge in [0.25, 0.3) is 5.91 Å². The Morgan fingerprint density at radius 1 is 0.944 bits per heavy atom. The van der Waals surface area contributed by atoms with Crippen molar-refractivity contribution < 1.29 is 37.3 Å². The quantitative estimate of drug-likeness (QED) is 0.104. The van der Waals surface area contributed by atoms with E-state index in [0.29, 0.717) is 57.0 Å². The maximum atomic E-state index is 15.0. The summed E-state index contributed by atoms with van der Waals surface area (Å²) in [5.74, 6) is -4.44. The number of aryl methyl sites for hydroxylation is 1. The lowest BCUT2D eigenvalue weighted by Gasteiger charge is -2.48. The molecule has 1 aliphatic carbocycles. The minimum atomic E-state index is -1.91. The van der Waals surface area contributed by atoms with E-state index >= 15 is 4.79 Å². The largest absolute Gasteiger partial charge is 0.488 e. The highest BCUT2D eigenvalue weighted by atomic mass is 35.6. The van der Waals surface area contributed by atoms with Crippen LogP contribution in [0.2, 0.25) is 0 Å². The molecule has 1 saturated heterocycles. The van der Waals surface area contributed by atoms with Crippen LogP contribution in [0.25, 0.3) is 5.57 Å². The summed E-state index contributed by atoms with van der Waals surface area (Å²) in [5, 5.41) is 13.1. The van der Waals surface area contributed by atoms with Crippen molar-refractivity contribution in [3.05, 3.63) is 106 Å². The predicted molar refractivity (Wildman–Crippen MR) is 202 cm³/mol. The topological polar surface area (TPSA) is 91.3 Å². The van der Waals surface area contributed by atoms with Crippen molar-refractivity contribution in [2.24, 2.45) is 0 Å². The molecule has 0 spiro atoms. The van der Waals surface area contributed by atoms with Gasteiger partial charge in [0.15, 0.2) is 23.0 Å². The van der Waals surface area contributed by atoms with E-state index in [4.69, 9.17) is 44.3 Å². The summed E-state index contributed by atoms with van der Waals surface area (Å²) in [7, 11) is 0. The summed E-state index contributed by atoms with van der Waals surface area (Å²) in [6.07, 6.45) is 2.75. The first kappa shape index (κ1) is 40.2. The minimum Gasteiger partial charge on any atom is -0.488 e. The Hall–Kier alpha value is -3.48. The molecule has 2 aliphatic heterocycles. The molecule has 2 heterocycles. The number of carbonyl (C=O) groups is 2. The summed E-state index contributed by atoms with van der Waals surface area (Å²) in [6, 6.07) is 16.0. The van der Waals surface area contributed by atoms with Gasteiger partial charge >= 0.3 is 6.09 Å². The molecule has 54 heavy (non-hydrogen) atoms. The number of hydrogen-bond acceptors (Lipinski definition) is 6. The fourth-order valence-corrected chi connectivity index (χ4v) is 7.19. The monoisotopic (exact) mass is 807 g/mol. The molecule has 2 N–H and O–H groups in total. The first-order valence-electron chi connectivity index (χ1n) is 18.1. The lowest BCUT2D eigenvalue weighted by Crippen LogP contribution is -2.64. The molecule has 8 nitrogen and oxygen atoms in total. The third kappa shape index (κ3) is 8.81. The van der Waals surface area contributed by atoms with Crippen molar-refractivity contribution in [2.45, 2.75) is 86.4 Å². The molecule has 6 rings (SSSR count). The molecule has 0 aromatic heterocycles. The maximum Gasteiger partial charge on any atom is 0.411 e. The van der Waals surface area contributed by atoms with Crippen LogP contribution in [-0.2, 0) is 28.9 Å². The predicted octanol–water partition coefficient (Wildman–Crippen LogP) is 7.93. The molecule has 3 aliphatic rings. The van der Waals surface area contributed by atoms with E-state index in [1.54, 1.807) is 4.90 Å². The van der Waals surface area contributed by atoms with E-state index in [1.165, 1.54) is 13.8 Å². The molecular weight excluding hydrogens is 766 g/mol. The fraction of sp³-hybridized carbons (Fsp3) is 0.450. The molecule has 14 heteroatoms. The van der Waals surface area contributed by atoms with Crippen LogP contribution in [-0.4, -0.2) is 80.7 Å². The molecule has 2 fully saturated rings. The van der Waals surface area contributed by atoms with Gasteiger partial charge < -0.3 is 24.8 Å². The van der Waals surface area contributed by atoms with E-state index in [-0.39, 0.29) is 31.2 Å².